The number of nitrogens with one attached hydrogen (secondary N) is 2. The van der Waals surface area contributed by atoms with Crippen LogP contribution in [0.1, 0.15) is 44.0 Å². The molecule has 2 amide bonds. The number of H-pyrrole nitrogens is 1. The highest BCUT2D eigenvalue weighted by Crippen LogP contribution is 2.32. The number of rotatable bonds is 12. The van der Waals surface area contributed by atoms with Crippen molar-refractivity contribution in [2.75, 3.05) is 41.4 Å². The van der Waals surface area contributed by atoms with Gasteiger partial charge in [-0.25, -0.2) is 15.0 Å². The molecule has 1 fully saturated rings. The number of pyridine rings is 1. The minimum Gasteiger partial charge on any atom is -0.480 e. The van der Waals surface area contributed by atoms with E-state index < -0.39 is 0 Å². The first-order valence-corrected chi connectivity index (χ1v) is 12.7. The molecule has 0 unspecified atom stereocenters. The summed E-state index contributed by atoms with van der Waals surface area (Å²) in [6.45, 7) is 1.52. The summed E-state index contributed by atoms with van der Waals surface area (Å²) in [6, 6.07) is 9.65. The zero-order chi connectivity index (χ0) is 26.4. The van der Waals surface area contributed by atoms with Gasteiger partial charge in [0.1, 0.15) is 5.82 Å². The Bertz CT molecular complexity index is 1220. The van der Waals surface area contributed by atoms with Crippen LogP contribution < -0.4 is 10.1 Å². The molecule has 4 rings (SSSR count). The van der Waals surface area contributed by atoms with E-state index in [1.54, 1.807) is 20.4 Å². The Kier molecular flexibility index (Phi) is 8.73. The fourth-order valence-corrected chi connectivity index (χ4v) is 4.59. The number of ether oxygens (including phenoxy) is 1. The summed E-state index contributed by atoms with van der Waals surface area (Å²) in [6.07, 6.45) is 5.36. The van der Waals surface area contributed by atoms with Crippen LogP contribution in [0.2, 0.25) is 0 Å². The van der Waals surface area contributed by atoms with E-state index in [1.165, 1.54) is 12.2 Å². The van der Waals surface area contributed by atoms with E-state index in [0.717, 1.165) is 54.5 Å². The number of aromatic amines is 1. The highest BCUT2D eigenvalue weighted by Gasteiger charge is 2.32. The lowest BCUT2D eigenvalue weighted by atomic mass is 9.99. The lowest BCUT2D eigenvalue weighted by Crippen LogP contribution is -2.52. The lowest BCUT2D eigenvalue weighted by Gasteiger charge is -2.35. The summed E-state index contributed by atoms with van der Waals surface area (Å²) in [5, 5.41) is 5.46. The normalized spacial score (nSPS) is 14.8. The summed E-state index contributed by atoms with van der Waals surface area (Å²) < 4.78 is 5.57. The molecule has 0 spiro atoms. The number of nitrogens with zero attached hydrogens (tertiary/aromatic N) is 4. The van der Waals surface area contributed by atoms with Crippen molar-refractivity contribution in [2.45, 2.75) is 38.1 Å². The van der Waals surface area contributed by atoms with E-state index in [9.17, 15) is 9.59 Å². The number of amides is 2. The monoisotopic (exact) mass is 508 g/mol. The Morgan fingerprint density at radius 2 is 2.00 bits per heavy atom. The summed E-state index contributed by atoms with van der Waals surface area (Å²) in [4.78, 5) is 44.6. The molecule has 1 aliphatic rings. The van der Waals surface area contributed by atoms with Gasteiger partial charge >= 0.3 is 0 Å². The van der Waals surface area contributed by atoms with Crippen LogP contribution >= 0.6 is 0 Å². The molecule has 0 radical (unpaired) electrons. The van der Waals surface area contributed by atoms with Crippen LogP contribution in [-0.2, 0) is 14.4 Å². The van der Waals surface area contributed by atoms with Crippen molar-refractivity contribution < 1.29 is 19.2 Å². The first-order chi connectivity index (χ1) is 17.9. The molecule has 2 aromatic heterocycles. The van der Waals surface area contributed by atoms with Gasteiger partial charge in [0.15, 0.2) is 0 Å². The van der Waals surface area contributed by atoms with Crippen LogP contribution in [0.3, 0.4) is 0 Å². The maximum absolute atomic E-state index is 12.9. The average Bonchev–Trinajstić information content (AvgIpc) is 3.38. The largest absolute Gasteiger partial charge is 0.480 e. The van der Waals surface area contributed by atoms with E-state index in [1.807, 2.05) is 37.4 Å². The van der Waals surface area contributed by atoms with E-state index >= 15 is 0 Å². The van der Waals surface area contributed by atoms with Crippen molar-refractivity contribution in [3.8, 4) is 17.1 Å². The van der Waals surface area contributed by atoms with Gasteiger partial charge < -0.3 is 19.9 Å². The van der Waals surface area contributed by atoms with Gasteiger partial charge in [0.2, 0.25) is 17.7 Å². The summed E-state index contributed by atoms with van der Waals surface area (Å²) in [5.74, 6) is 1.20. The van der Waals surface area contributed by atoms with Crippen LogP contribution in [0.25, 0.3) is 22.2 Å². The van der Waals surface area contributed by atoms with Crippen molar-refractivity contribution in [1.82, 2.24) is 30.2 Å². The molecule has 0 bridgehead atoms. The predicted octanol–water partition coefficient (Wildman–Crippen LogP) is 3.32. The van der Waals surface area contributed by atoms with Crippen molar-refractivity contribution in [3.63, 3.8) is 0 Å². The second kappa shape index (κ2) is 12.2. The number of likely N-dealkylation sites (tertiary alicyclic amines) is 1. The molecule has 0 saturated carbocycles. The van der Waals surface area contributed by atoms with E-state index in [0.29, 0.717) is 24.5 Å². The number of benzene rings is 1. The quantitative estimate of drug-likeness (QED) is 0.285. The fraction of sp³-hybridized carbons (Fsp3) is 0.481. The Morgan fingerprint density at radius 1 is 1.22 bits per heavy atom. The number of methoxy groups -OCH3 is 1. The molecule has 1 aromatic carbocycles. The zero-order valence-electron chi connectivity index (χ0n) is 22.0. The number of imidazole rings is 1. The first-order valence-electron chi connectivity index (χ1n) is 12.7. The van der Waals surface area contributed by atoms with Crippen molar-refractivity contribution >= 4 is 22.7 Å². The van der Waals surface area contributed by atoms with Gasteiger partial charge in [-0.05, 0) is 32.0 Å². The number of aromatic nitrogens is 3. The highest BCUT2D eigenvalue weighted by atomic mass is 16.7. The van der Waals surface area contributed by atoms with Crippen LogP contribution in [0.4, 0.5) is 0 Å². The number of hydrogen-bond donors (Lipinski definition) is 2. The van der Waals surface area contributed by atoms with Gasteiger partial charge in [-0.2, -0.15) is 0 Å². The van der Waals surface area contributed by atoms with E-state index in [4.69, 9.17) is 9.57 Å². The summed E-state index contributed by atoms with van der Waals surface area (Å²) in [5.41, 5.74) is 2.45. The van der Waals surface area contributed by atoms with Crippen molar-refractivity contribution in [3.05, 3.63) is 42.4 Å². The molecule has 1 atom stereocenters. The van der Waals surface area contributed by atoms with Gasteiger partial charge in [-0.1, -0.05) is 31.0 Å². The highest BCUT2D eigenvalue weighted by molar-refractivity contribution is 5.85. The number of hydroxylamine groups is 2. The molecule has 10 nitrogen and oxygen atoms in total. The Labute approximate surface area is 217 Å². The third kappa shape index (κ3) is 6.44. The smallest absolute Gasteiger partial charge is 0.245 e. The Morgan fingerprint density at radius 3 is 2.73 bits per heavy atom. The molecule has 1 aliphatic heterocycles. The number of unbranched alkanes of at least 4 members (excludes halogenated alkanes) is 2. The molecule has 2 N–H and O–H groups in total. The van der Waals surface area contributed by atoms with Gasteiger partial charge in [0.05, 0.1) is 49.2 Å². The van der Waals surface area contributed by atoms with E-state index in [2.05, 4.69) is 25.2 Å². The zero-order valence-corrected chi connectivity index (χ0v) is 22.0. The molecule has 3 aromatic rings. The SMILES string of the molecule is COc1nc2ccccc2cc1-c1cnc([C@H](CCCCCC(=O)N(C)OC)NC(=O)C2CN(C)C2)[nH]1. The fourth-order valence-electron chi connectivity index (χ4n) is 4.59. The van der Waals surface area contributed by atoms with Crippen LogP contribution in [-0.4, -0.2) is 78.1 Å². The minimum atomic E-state index is -0.260. The standard InChI is InChI=1S/C27H36N6O4/c1-32-16-19(17-32)26(35)30-22(12-6-5-7-13-24(34)33(2)37-4)25-28-15-23(29-25)20-14-18-10-8-9-11-21(18)31-27(20)36-3/h8-11,14-15,19,22H,5-7,12-13,16-17H2,1-4H3,(H,28,29)(H,30,35)/t22-/m0/s1. The van der Waals surface area contributed by atoms with E-state index in [-0.39, 0.29) is 23.8 Å². The average molecular weight is 509 g/mol. The predicted molar refractivity (Wildman–Crippen MR) is 141 cm³/mol. The number of hydrogen-bond acceptors (Lipinski definition) is 7. The van der Waals surface area contributed by atoms with Gasteiger partial charge in [0.25, 0.3) is 0 Å². The molecule has 198 valence electrons. The summed E-state index contributed by atoms with van der Waals surface area (Å²) in [7, 11) is 6.70. The third-order valence-corrected chi connectivity index (χ3v) is 6.86. The number of carbonyl (C=O) groups excluding carboxylic acids is 2. The maximum atomic E-state index is 12.9. The van der Waals surface area contributed by atoms with Crippen molar-refractivity contribution in [1.29, 1.82) is 0 Å². The molecule has 0 aliphatic carbocycles. The first kappa shape index (κ1) is 26.6. The molecule has 10 heteroatoms. The molecule has 37 heavy (non-hydrogen) atoms. The van der Waals surface area contributed by atoms with Gasteiger partial charge in [-0.15, -0.1) is 0 Å². The Hall–Kier alpha value is -3.50. The van der Waals surface area contributed by atoms with Gasteiger partial charge in [-0.3, -0.25) is 14.4 Å². The number of carbonyl (C=O) groups is 2. The number of fused-ring (bicyclic) bond motifs is 1. The molecular weight excluding hydrogens is 472 g/mol. The maximum Gasteiger partial charge on any atom is 0.245 e. The second-order valence-corrected chi connectivity index (χ2v) is 9.57. The minimum absolute atomic E-state index is 0.00563. The molecule has 3 heterocycles. The second-order valence-electron chi connectivity index (χ2n) is 9.57. The van der Waals surface area contributed by atoms with Crippen LogP contribution in [0.5, 0.6) is 5.88 Å². The lowest BCUT2D eigenvalue weighted by molar-refractivity contribution is -0.168. The Balaban J connectivity index is 1.47. The van der Waals surface area contributed by atoms with Crippen molar-refractivity contribution in [2.24, 2.45) is 5.92 Å². The van der Waals surface area contributed by atoms with Crippen LogP contribution in [0, 0.1) is 5.92 Å². The number of para-hydroxylation sites is 1. The summed E-state index contributed by atoms with van der Waals surface area (Å²) >= 11 is 0. The third-order valence-electron chi connectivity index (χ3n) is 6.86. The van der Waals surface area contributed by atoms with Crippen LogP contribution in [0.15, 0.2) is 36.5 Å². The van der Waals surface area contributed by atoms with Gasteiger partial charge in [0, 0.05) is 31.9 Å². The molecular formula is C27H36N6O4. The topological polar surface area (TPSA) is 113 Å². The molecule has 1 saturated heterocycles.